The summed E-state index contributed by atoms with van der Waals surface area (Å²) in [4.78, 5) is 28.8. The van der Waals surface area contributed by atoms with E-state index < -0.39 is 0 Å². The minimum atomic E-state index is -0.0227. The standard InChI is InChI=1S/C22H26N2O4/c25-21(16-28-20-6-5-17-3-1-2-4-19(17)15-20)23-9-7-18(8-10-23)22(26)24-11-13-27-14-12-24/h1-6,15,18H,7-14,16H2. The maximum atomic E-state index is 12.6. The van der Waals surface area contributed by atoms with E-state index in [1.165, 1.54) is 0 Å². The Bertz CT molecular complexity index is 839. The number of nitrogens with zero attached hydrogens (tertiary/aromatic N) is 2. The highest BCUT2D eigenvalue weighted by atomic mass is 16.5. The van der Waals surface area contributed by atoms with Crippen molar-refractivity contribution < 1.29 is 19.1 Å². The van der Waals surface area contributed by atoms with Crippen molar-refractivity contribution in [1.29, 1.82) is 0 Å². The van der Waals surface area contributed by atoms with Crippen LogP contribution in [0.4, 0.5) is 0 Å². The Labute approximate surface area is 165 Å². The van der Waals surface area contributed by atoms with Crippen molar-refractivity contribution in [3.05, 3.63) is 42.5 Å². The van der Waals surface area contributed by atoms with Crippen LogP contribution in [-0.2, 0) is 14.3 Å². The molecule has 28 heavy (non-hydrogen) atoms. The number of ether oxygens (including phenoxy) is 2. The molecule has 2 aromatic carbocycles. The van der Waals surface area contributed by atoms with Gasteiger partial charge in [0, 0.05) is 32.1 Å². The van der Waals surface area contributed by atoms with Crippen LogP contribution in [0.25, 0.3) is 10.8 Å². The van der Waals surface area contributed by atoms with Crippen LogP contribution in [0.1, 0.15) is 12.8 Å². The van der Waals surface area contributed by atoms with Gasteiger partial charge in [0.25, 0.3) is 5.91 Å². The number of hydrogen-bond acceptors (Lipinski definition) is 4. The summed E-state index contributed by atoms with van der Waals surface area (Å²) in [6, 6.07) is 13.9. The molecular weight excluding hydrogens is 356 g/mol. The number of carbonyl (C=O) groups is 2. The number of amides is 2. The number of hydrogen-bond donors (Lipinski definition) is 0. The molecule has 4 rings (SSSR count). The fraction of sp³-hybridized carbons (Fsp3) is 0.455. The van der Waals surface area contributed by atoms with Gasteiger partial charge in [-0.15, -0.1) is 0 Å². The molecule has 0 radical (unpaired) electrons. The number of benzene rings is 2. The molecule has 2 aliphatic rings. The van der Waals surface area contributed by atoms with Crippen LogP contribution >= 0.6 is 0 Å². The molecule has 0 aromatic heterocycles. The lowest BCUT2D eigenvalue weighted by Gasteiger charge is -2.35. The van der Waals surface area contributed by atoms with Crippen molar-refractivity contribution >= 4 is 22.6 Å². The average Bonchev–Trinajstić information content (AvgIpc) is 2.77. The molecule has 0 unspecified atom stereocenters. The van der Waals surface area contributed by atoms with Gasteiger partial charge in [0.1, 0.15) is 5.75 Å². The van der Waals surface area contributed by atoms with Crippen LogP contribution < -0.4 is 4.74 Å². The first kappa shape index (κ1) is 18.7. The second-order valence-electron chi connectivity index (χ2n) is 7.39. The number of fused-ring (bicyclic) bond motifs is 1. The molecule has 2 amide bonds. The topological polar surface area (TPSA) is 59.1 Å². The van der Waals surface area contributed by atoms with E-state index in [1.807, 2.05) is 52.3 Å². The van der Waals surface area contributed by atoms with Crippen molar-refractivity contribution in [1.82, 2.24) is 9.80 Å². The molecule has 0 bridgehead atoms. The van der Waals surface area contributed by atoms with Crippen LogP contribution in [0.3, 0.4) is 0 Å². The largest absolute Gasteiger partial charge is 0.484 e. The molecule has 6 nitrogen and oxygen atoms in total. The highest BCUT2D eigenvalue weighted by Crippen LogP contribution is 2.22. The highest BCUT2D eigenvalue weighted by molar-refractivity contribution is 5.84. The fourth-order valence-electron chi connectivity index (χ4n) is 3.91. The first-order valence-electron chi connectivity index (χ1n) is 9.96. The molecule has 2 aliphatic heterocycles. The van der Waals surface area contributed by atoms with E-state index in [-0.39, 0.29) is 24.3 Å². The Balaban J connectivity index is 1.26. The molecule has 0 aliphatic carbocycles. The van der Waals surface area contributed by atoms with E-state index >= 15 is 0 Å². The van der Waals surface area contributed by atoms with E-state index in [2.05, 4.69) is 0 Å². The van der Waals surface area contributed by atoms with Crippen LogP contribution in [0.2, 0.25) is 0 Å². The highest BCUT2D eigenvalue weighted by Gasteiger charge is 2.30. The predicted octanol–water partition coefficient (Wildman–Crippen LogP) is 2.32. The summed E-state index contributed by atoms with van der Waals surface area (Å²) in [5.41, 5.74) is 0. The summed E-state index contributed by atoms with van der Waals surface area (Å²) >= 11 is 0. The van der Waals surface area contributed by atoms with Gasteiger partial charge >= 0.3 is 0 Å². The minimum Gasteiger partial charge on any atom is -0.484 e. The maximum absolute atomic E-state index is 12.6. The zero-order valence-electron chi connectivity index (χ0n) is 16.0. The molecular formula is C22H26N2O4. The van der Waals surface area contributed by atoms with Gasteiger partial charge in [0.05, 0.1) is 13.2 Å². The normalized spacial score (nSPS) is 18.3. The third-order valence-electron chi connectivity index (χ3n) is 5.60. The van der Waals surface area contributed by atoms with Crippen molar-refractivity contribution in [2.24, 2.45) is 5.92 Å². The van der Waals surface area contributed by atoms with Crippen LogP contribution in [-0.4, -0.2) is 67.6 Å². The van der Waals surface area contributed by atoms with Gasteiger partial charge in [-0.1, -0.05) is 30.3 Å². The smallest absolute Gasteiger partial charge is 0.260 e. The van der Waals surface area contributed by atoms with E-state index in [9.17, 15) is 9.59 Å². The third-order valence-corrected chi connectivity index (χ3v) is 5.60. The Kier molecular flexibility index (Phi) is 5.76. The van der Waals surface area contributed by atoms with Gasteiger partial charge in [0.2, 0.25) is 5.91 Å². The number of piperidine rings is 1. The first-order chi connectivity index (χ1) is 13.7. The van der Waals surface area contributed by atoms with Crippen molar-refractivity contribution in [2.45, 2.75) is 12.8 Å². The molecule has 0 atom stereocenters. The average molecular weight is 382 g/mol. The summed E-state index contributed by atoms with van der Waals surface area (Å²) in [7, 11) is 0. The van der Waals surface area contributed by atoms with Gasteiger partial charge in [0.15, 0.2) is 6.61 Å². The van der Waals surface area contributed by atoms with Gasteiger partial charge in [-0.25, -0.2) is 0 Å². The molecule has 0 spiro atoms. The zero-order valence-corrected chi connectivity index (χ0v) is 16.0. The Morgan fingerprint density at radius 1 is 0.929 bits per heavy atom. The third kappa shape index (κ3) is 4.28. The quantitative estimate of drug-likeness (QED) is 0.814. The lowest BCUT2D eigenvalue weighted by molar-refractivity contribution is -0.144. The summed E-state index contributed by atoms with van der Waals surface area (Å²) in [6.45, 7) is 3.85. The Hall–Kier alpha value is -2.60. The summed E-state index contributed by atoms with van der Waals surface area (Å²) in [6.07, 6.45) is 1.44. The van der Waals surface area contributed by atoms with Crippen LogP contribution in [0.5, 0.6) is 5.75 Å². The maximum Gasteiger partial charge on any atom is 0.260 e. The zero-order chi connectivity index (χ0) is 19.3. The van der Waals surface area contributed by atoms with Crippen LogP contribution in [0, 0.1) is 5.92 Å². The lowest BCUT2D eigenvalue weighted by atomic mass is 9.95. The van der Waals surface area contributed by atoms with Gasteiger partial charge in [-0.05, 0) is 35.7 Å². The fourth-order valence-corrected chi connectivity index (χ4v) is 3.91. The molecule has 2 fully saturated rings. The van der Waals surface area contributed by atoms with Crippen LogP contribution in [0.15, 0.2) is 42.5 Å². The molecule has 148 valence electrons. The van der Waals surface area contributed by atoms with Gasteiger partial charge in [-0.2, -0.15) is 0 Å². The molecule has 2 saturated heterocycles. The molecule has 2 heterocycles. The minimum absolute atomic E-state index is 0.0172. The summed E-state index contributed by atoms with van der Waals surface area (Å²) in [5.74, 6) is 0.904. The molecule has 0 N–H and O–H groups in total. The molecule has 6 heteroatoms. The Morgan fingerprint density at radius 2 is 1.64 bits per heavy atom. The summed E-state index contributed by atoms with van der Waals surface area (Å²) < 4.78 is 11.0. The second kappa shape index (κ2) is 8.61. The molecule has 0 saturated carbocycles. The monoisotopic (exact) mass is 382 g/mol. The van der Waals surface area contributed by atoms with E-state index in [0.717, 1.165) is 23.6 Å². The number of rotatable bonds is 4. The first-order valence-corrected chi connectivity index (χ1v) is 9.96. The number of likely N-dealkylation sites (tertiary alicyclic amines) is 1. The van der Waals surface area contributed by atoms with Gasteiger partial charge < -0.3 is 19.3 Å². The number of morpholine rings is 1. The predicted molar refractivity (Wildman–Crippen MR) is 106 cm³/mol. The Morgan fingerprint density at radius 3 is 2.39 bits per heavy atom. The van der Waals surface area contributed by atoms with E-state index in [0.29, 0.717) is 45.1 Å². The van der Waals surface area contributed by atoms with Crippen molar-refractivity contribution in [2.75, 3.05) is 46.0 Å². The van der Waals surface area contributed by atoms with Crippen molar-refractivity contribution in [3.63, 3.8) is 0 Å². The lowest BCUT2D eigenvalue weighted by Crippen LogP contribution is -2.48. The van der Waals surface area contributed by atoms with E-state index in [1.54, 1.807) is 0 Å². The van der Waals surface area contributed by atoms with Crippen molar-refractivity contribution in [3.8, 4) is 5.75 Å². The van der Waals surface area contributed by atoms with Gasteiger partial charge in [-0.3, -0.25) is 9.59 Å². The van der Waals surface area contributed by atoms with E-state index in [4.69, 9.17) is 9.47 Å². The SMILES string of the molecule is O=C(COc1ccc2ccccc2c1)N1CCC(C(=O)N2CCOCC2)CC1. The second-order valence-corrected chi connectivity index (χ2v) is 7.39. The summed E-state index contributed by atoms with van der Waals surface area (Å²) in [5, 5.41) is 2.24. The number of carbonyl (C=O) groups excluding carboxylic acids is 2. The molecule has 2 aromatic rings.